The lowest BCUT2D eigenvalue weighted by Crippen LogP contribution is -2.55. The second-order valence-electron chi connectivity index (χ2n) is 5.24. The van der Waals surface area contributed by atoms with Crippen molar-refractivity contribution < 1.29 is 17.9 Å². The van der Waals surface area contributed by atoms with Crippen LogP contribution in [0.3, 0.4) is 0 Å². The van der Waals surface area contributed by atoms with Gasteiger partial charge in [0.1, 0.15) is 10.6 Å². The monoisotopic (exact) mass is 319 g/mol. The molecule has 1 aromatic carbocycles. The minimum absolute atomic E-state index is 0.0634. The van der Waals surface area contributed by atoms with Gasteiger partial charge in [-0.15, -0.1) is 0 Å². The van der Waals surface area contributed by atoms with Crippen LogP contribution in [0.2, 0.25) is 5.02 Å². The van der Waals surface area contributed by atoms with Crippen molar-refractivity contribution in [2.24, 2.45) is 0 Å². The molecule has 1 aliphatic rings. The van der Waals surface area contributed by atoms with E-state index in [9.17, 15) is 8.42 Å². The Morgan fingerprint density at radius 2 is 2.10 bits per heavy atom. The molecular weight excluding hydrogens is 302 g/mol. The average molecular weight is 320 g/mol. The highest BCUT2D eigenvalue weighted by Gasteiger charge is 2.40. The average Bonchev–Trinajstić information content (AvgIpc) is 2.38. The molecule has 0 radical (unpaired) electrons. The van der Waals surface area contributed by atoms with Crippen LogP contribution < -0.4 is 4.74 Å². The number of ether oxygens (including phenoxy) is 2. The van der Waals surface area contributed by atoms with Gasteiger partial charge in [-0.05, 0) is 26.0 Å². The Morgan fingerprint density at radius 3 is 2.70 bits per heavy atom. The fourth-order valence-electron chi connectivity index (χ4n) is 2.22. The molecule has 1 saturated heterocycles. The number of benzene rings is 1. The van der Waals surface area contributed by atoms with Crippen LogP contribution in [0.4, 0.5) is 0 Å². The first-order valence-corrected chi connectivity index (χ1v) is 8.05. The molecule has 0 atom stereocenters. The van der Waals surface area contributed by atoms with Gasteiger partial charge in [0.05, 0.1) is 30.9 Å². The topological polar surface area (TPSA) is 55.8 Å². The molecule has 20 heavy (non-hydrogen) atoms. The van der Waals surface area contributed by atoms with E-state index in [0.29, 0.717) is 25.5 Å². The van der Waals surface area contributed by atoms with E-state index in [1.54, 1.807) is 6.07 Å². The maximum atomic E-state index is 12.8. The first kappa shape index (κ1) is 15.6. The van der Waals surface area contributed by atoms with E-state index in [0.717, 1.165) is 0 Å². The number of sulfonamides is 1. The molecule has 0 aliphatic carbocycles. The molecule has 0 amide bonds. The number of rotatable bonds is 3. The van der Waals surface area contributed by atoms with E-state index in [4.69, 9.17) is 21.1 Å². The molecule has 0 bridgehead atoms. The maximum Gasteiger partial charge on any atom is 0.245 e. The third-order valence-electron chi connectivity index (χ3n) is 3.28. The summed E-state index contributed by atoms with van der Waals surface area (Å²) in [6.45, 7) is 4.70. The van der Waals surface area contributed by atoms with Crippen LogP contribution in [0, 0.1) is 0 Å². The van der Waals surface area contributed by atoms with Crippen LogP contribution in [-0.4, -0.2) is 45.1 Å². The summed E-state index contributed by atoms with van der Waals surface area (Å²) in [4.78, 5) is 0.0634. The SMILES string of the molecule is COc1ccc(Cl)c(S(=O)(=O)N2CCOCC2(C)C)c1. The van der Waals surface area contributed by atoms with Crippen molar-refractivity contribution in [1.29, 1.82) is 0 Å². The second kappa shape index (κ2) is 5.52. The summed E-state index contributed by atoms with van der Waals surface area (Å²) < 4.78 is 37.5. The molecule has 5 nitrogen and oxygen atoms in total. The van der Waals surface area contributed by atoms with Crippen molar-refractivity contribution in [1.82, 2.24) is 4.31 Å². The van der Waals surface area contributed by atoms with Gasteiger partial charge in [-0.1, -0.05) is 11.6 Å². The van der Waals surface area contributed by atoms with E-state index in [2.05, 4.69) is 0 Å². The van der Waals surface area contributed by atoms with Crippen LogP contribution in [0.5, 0.6) is 5.75 Å². The van der Waals surface area contributed by atoms with Crippen LogP contribution in [-0.2, 0) is 14.8 Å². The Bertz CT molecular complexity index is 600. The minimum atomic E-state index is -3.69. The number of halogens is 1. The Labute approximate surface area is 124 Å². The molecular formula is C13H18ClNO4S. The van der Waals surface area contributed by atoms with Crippen molar-refractivity contribution in [3.63, 3.8) is 0 Å². The Morgan fingerprint density at radius 1 is 1.40 bits per heavy atom. The van der Waals surface area contributed by atoms with E-state index < -0.39 is 15.6 Å². The lowest BCUT2D eigenvalue weighted by molar-refractivity contribution is -0.00771. The van der Waals surface area contributed by atoms with Gasteiger partial charge in [0, 0.05) is 12.6 Å². The van der Waals surface area contributed by atoms with Crippen LogP contribution >= 0.6 is 11.6 Å². The number of methoxy groups -OCH3 is 1. The molecule has 2 rings (SSSR count). The molecule has 1 aliphatic heterocycles. The standard InChI is InChI=1S/C13H18ClNO4S/c1-13(2)9-19-7-6-15(13)20(16,17)12-8-10(18-3)4-5-11(12)14/h4-5,8H,6-7,9H2,1-3H3. The molecule has 0 N–H and O–H groups in total. The fraction of sp³-hybridized carbons (Fsp3) is 0.538. The first-order chi connectivity index (χ1) is 9.29. The zero-order valence-corrected chi connectivity index (χ0v) is 13.3. The highest BCUT2D eigenvalue weighted by Crippen LogP contribution is 2.33. The van der Waals surface area contributed by atoms with Crippen molar-refractivity contribution in [2.75, 3.05) is 26.9 Å². The fourth-order valence-corrected chi connectivity index (χ4v) is 4.46. The van der Waals surface area contributed by atoms with Gasteiger partial charge in [0.15, 0.2) is 0 Å². The van der Waals surface area contributed by atoms with Gasteiger partial charge >= 0.3 is 0 Å². The van der Waals surface area contributed by atoms with Crippen molar-refractivity contribution >= 4 is 21.6 Å². The molecule has 0 spiro atoms. The third kappa shape index (κ3) is 2.79. The predicted octanol–water partition coefficient (Wildman–Crippen LogP) is 2.15. The Hall–Kier alpha value is -0.820. The van der Waals surface area contributed by atoms with Gasteiger partial charge in [-0.3, -0.25) is 0 Å². The molecule has 1 aromatic rings. The maximum absolute atomic E-state index is 12.8. The smallest absolute Gasteiger partial charge is 0.245 e. The van der Waals surface area contributed by atoms with Crippen molar-refractivity contribution in [3.05, 3.63) is 23.2 Å². The number of morpholine rings is 1. The summed E-state index contributed by atoms with van der Waals surface area (Å²) in [5.74, 6) is 0.457. The quantitative estimate of drug-likeness (QED) is 0.856. The summed E-state index contributed by atoms with van der Waals surface area (Å²) in [6, 6.07) is 4.61. The number of hydrogen-bond acceptors (Lipinski definition) is 4. The highest BCUT2D eigenvalue weighted by atomic mass is 35.5. The molecule has 0 saturated carbocycles. The summed E-state index contributed by atoms with van der Waals surface area (Å²) in [7, 11) is -2.21. The van der Waals surface area contributed by atoms with Gasteiger partial charge in [0.25, 0.3) is 0 Å². The minimum Gasteiger partial charge on any atom is -0.497 e. The van der Waals surface area contributed by atoms with Gasteiger partial charge < -0.3 is 9.47 Å². The van der Waals surface area contributed by atoms with Gasteiger partial charge in [-0.2, -0.15) is 4.31 Å². The van der Waals surface area contributed by atoms with Gasteiger partial charge in [-0.25, -0.2) is 8.42 Å². The molecule has 1 heterocycles. The predicted molar refractivity (Wildman–Crippen MR) is 76.8 cm³/mol. The lowest BCUT2D eigenvalue weighted by atomic mass is 10.1. The highest BCUT2D eigenvalue weighted by molar-refractivity contribution is 7.89. The zero-order chi connectivity index (χ0) is 15.0. The van der Waals surface area contributed by atoms with Crippen molar-refractivity contribution in [2.45, 2.75) is 24.3 Å². The van der Waals surface area contributed by atoms with E-state index in [1.165, 1.54) is 23.5 Å². The number of hydrogen-bond donors (Lipinski definition) is 0. The molecule has 0 unspecified atom stereocenters. The Kier molecular flexibility index (Phi) is 4.30. The second-order valence-corrected chi connectivity index (χ2v) is 7.48. The largest absolute Gasteiger partial charge is 0.497 e. The summed E-state index contributed by atoms with van der Waals surface area (Å²) in [6.07, 6.45) is 0. The van der Waals surface area contributed by atoms with Gasteiger partial charge in [0.2, 0.25) is 10.0 Å². The third-order valence-corrected chi connectivity index (χ3v) is 5.87. The van der Waals surface area contributed by atoms with E-state index in [1.807, 2.05) is 13.8 Å². The van der Waals surface area contributed by atoms with E-state index >= 15 is 0 Å². The first-order valence-electron chi connectivity index (χ1n) is 6.23. The summed E-state index contributed by atoms with van der Waals surface area (Å²) in [5.41, 5.74) is -0.608. The van der Waals surface area contributed by atoms with Crippen LogP contribution in [0.25, 0.3) is 0 Å². The lowest BCUT2D eigenvalue weighted by Gasteiger charge is -2.40. The normalized spacial score (nSPS) is 19.8. The number of nitrogens with zero attached hydrogens (tertiary/aromatic N) is 1. The van der Waals surface area contributed by atoms with Crippen molar-refractivity contribution in [3.8, 4) is 5.75 Å². The molecule has 0 aromatic heterocycles. The summed E-state index contributed by atoms with van der Waals surface area (Å²) >= 11 is 6.06. The van der Waals surface area contributed by atoms with Crippen LogP contribution in [0.1, 0.15) is 13.8 Å². The summed E-state index contributed by atoms with van der Waals surface area (Å²) in [5, 5.41) is 0.188. The Balaban J connectivity index is 2.49. The van der Waals surface area contributed by atoms with Crippen LogP contribution in [0.15, 0.2) is 23.1 Å². The molecule has 112 valence electrons. The zero-order valence-electron chi connectivity index (χ0n) is 11.7. The molecule has 7 heteroatoms. The molecule has 1 fully saturated rings. The van der Waals surface area contributed by atoms with E-state index in [-0.39, 0.29) is 9.92 Å².